The predicted octanol–water partition coefficient (Wildman–Crippen LogP) is 1.29. The van der Waals surface area contributed by atoms with E-state index in [1.165, 1.54) is 5.38 Å². The average Bonchev–Trinajstić information content (AvgIpc) is 2.77. The summed E-state index contributed by atoms with van der Waals surface area (Å²) in [5.41, 5.74) is 5.85. The zero-order valence-electron chi connectivity index (χ0n) is 9.81. The molecule has 0 unspecified atom stereocenters. The molecule has 4 N–H and O–H groups in total. The number of anilines is 1. The third kappa shape index (κ3) is 3.18. The molecule has 0 aliphatic rings. The van der Waals surface area contributed by atoms with E-state index in [-0.39, 0.29) is 22.1 Å². The standard InChI is InChI=1S/C10H9ClFN3O3S2/c11-7-1-5(13)2-8(9(7)12)20(17,18)14-3-6-4-19-10(16)15-6/h1-2,4,14H,3,13H2,(H,15,16). The molecule has 20 heavy (non-hydrogen) atoms. The largest absolute Gasteiger partial charge is 0.399 e. The molecule has 0 saturated heterocycles. The summed E-state index contributed by atoms with van der Waals surface area (Å²) in [7, 11) is -4.13. The first-order valence-corrected chi connectivity index (χ1v) is 7.94. The second-order valence-electron chi connectivity index (χ2n) is 3.81. The van der Waals surface area contributed by atoms with E-state index >= 15 is 0 Å². The van der Waals surface area contributed by atoms with Crippen LogP contribution in [-0.4, -0.2) is 13.4 Å². The molecule has 0 atom stereocenters. The minimum absolute atomic E-state index is 0.0284. The molecule has 1 heterocycles. The quantitative estimate of drug-likeness (QED) is 0.731. The molecule has 108 valence electrons. The van der Waals surface area contributed by atoms with Gasteiger partial charge in [0.25, 0.3) is 0 Å². The number of halogens is 2. The van der Waals surface area contributed by atoms with Crippen LogP contribution in [0.15, 0.2) is 27.2 Å². The molecule has 0 bridgehead atoms. The SMILES string of the molecule is Nc1cc(Cl)c(F)c(S(=O)(=O)NCc2csc(=O)[nH]2)c1. The van der Waals surface area contributed by atoms with Crippen LogP contribution in [0.1, 0.15) is 5.69 Å². The second kappa shape index (κ2) is 5.52. The Morgan fingerprint density at radius 2 is 2.15 bits per heavy atom. The minimum Gasteiger partial charge on any atom is -0.399 e. The van der Waals surface area contributed by atoms with Crippen molar-refractivity contribution in [2.45, 2.75) is 11.4 Å². The Labute approximate surface area is 122 Å². The lowest BCUT2D eigenvalue weighted by atomic mass is 10.3. The molecule has 2 aromatic rings. The summed E-state index contributed by atoms with van der Waals surface area (Å²) in [6, 6.07) is 2.09. The number of H-pyrrole nitrogens is 1. The third-order valence-corrected chi connectivity index (χ3v) is 4.72. The van der Waals surface area contributed by atoms with Gasteiger partial charge in [-0.2, -0.15) is 0 Å². The molecule has 0 saturated carbocycles. The number of nitrogen functional groups attached to an aromatic ring is 1. The summed E-state index contributed by atoms with van der Waals surface area (Å²) >= 11 is 6.45. The van der Waals surface area contributed by atoms with E-state index in [0.29, 0.717) is 5.69 Å². The first kappa shape index (κ1) is 15.0. The normalized spacial score (nSPS) is 11.7. The molecule has 1 aromatic carbocycles. The number of hydrogen-bond acceptors (Lipinski definition) is 5. The molecule has 10 heteroatoms. The Morgan fingerprint density at radius 1 is 1.45 bits per heavy atom. The lowest BCUT2D eigenvalue weighted by molar-refractivity contribution is 0.556. The fourth-order valence-electron chi connectivity index (χ4n) is 1.43. The number of benzene rings is 1. The van der Waals surface area contributed by atoms with Crippen LogP contribution in [0.2, 0.25) is 5.02 Å². The van der Waals surface area contributed by atoms with Gasteiger partial charge in [-0.15, -0.1) is 0 Å². The molecule has 0 spiro atoms. The number of nitrogens with two attached hydrogens (primary N) is 1. The topological polar surface area (TPSA) is 105 Å². The van der Waals surface area contributed by atoms with E-state index in [2.05, 4.69) is 9.71 Å². The zero-order valence-corrected chi connectivity index (χ0v) is 12.2. The van der Waals surface area contributed by atoms with Gasteiger partial charge in [-0.1, -0.05) is 22.9 Å². The van der Waals surface area contributed by atoms with E-state index in [1.807, 2.05) is 0 Å². The summed E-state index contributed by atoms with van der Waals surface area (Å²) in [4.78, 5) is 12.4. The van der Waals surface area contributed by atoms with Crippen molar-refractivity contribution >= 4 is 38.6 Å². The van der Waals surface area contributed by atoms with Crippen LogP contribution in [0.3, 0.4) is 0 Å². The maximum absolute atomic E-state index is 13.7. The third-order valence-electron chi connectivity index (χ3n) is 2.33. The lowest BCUT2D eigenvalue weighted by Gasteiger charge is -2.08. The van der Waals surface area contributed by atoms with Crippen LogP contribution < -0.4 is 15.3 Å². The number of thiazole rings is 1. The van der Waals surface area contributed by atoms with E-state index in [4.69, 9.17) is 17.3 Å². The summed E-state index contributed by atoms with van der Waals surface area (Å²) in [5.74, 6) is -1.08. The molecule has 2 rings (SSSR count). The molecule has 0 aliphatic carbocycles. The Bertz CT molecular complexity index is 800. The van der Waals surface area contributed by atoms with Crippen molar-refractivity contribution in [1.82, 2.24) is 9.71 Å². The first-order valence-electron chi connectivity index (χ1n) is 5.20. The summed E-state index contributed by atoms with van der Waals surface area (Å²) in [5, 5.41) is 1.09. The maximum Gasteiger partial charge on any atom is 0.304 e. The van der Waals surface area contributed by atoms with Crippen molar-refractivity contribution in [3.63, 3.8) is 0 Å². The van der Waals surface area contributed by atoms with Gasteiger partial charge in [0.1, 0.15) is 4.90 Å². The fourth-order valence-corrected chi connectivity index (χ4v) is 3.43. The van der Waals surface area contributed by atoms with Gasteiger partial charge >= 0.3 is 4.87 Å². The van der Waals surface area contributed by atoms with Crippen LogP contribution in [0.5, 0.6) is 0 Å². The predicted molar refractivity (Wildman–Crippen MR) is 74.8 cm³/mol. The van der Waals surface area contributed by atoms with Crippen LogP contribution >= 0.6 is 22.9 Å². The van der Waals surface area contributed by atoms with Gasteiger partial charge in [-0.25, -0.2) is 17.5 Å². The van der Waals surface area contributed by atoms with Gasteiger partial charge in [0.15, 0.2) is 5.82 Å². The number of sulfonamides is 1. The molecule has 0 aliphatic heterocycles. The Hall–Kier alpha value is -1.42. The van der Waals surface area contributed by atoms with Crippen molar-refractivity contribution in [3.8, 4) is 0 Å². The van der Waals surface area contributed by atoms with Crippen molar-refractivity contribution in [2.24, 2.45) is 0 Å². The number of aromatic nitrogens is 1. The number of nitrogens with one attached hydrogen (secondary N) is 2. The number of hydrogen-bond donors (Lipinski definition) is 3. The van der Waals surface area contributed by atoms with Gasteiger partial charge in [-0.05, 0) is 12.1 Å². The first-order chi connectivity index (χ1) is 9.29. The van der Waals surface area contributed by atoms with Crippen molar-refractivity contribution in [1.29, 1.82) is 0 Å². The van der Waals surface area contributed by atoms with E-state index in [9.17, 15) is 17.6 Å². The number of aromatic amines is 1. The number of rotatable bonds is 4. The van der Waals surface area contributed by atoms with Crippen LogP contribution in [-0.2, 0) is 16.6 Å². The summed E-state index contributed by atoms with van der Waals surface area (Å²) < 4.78 is 39.9. The van der Waals surface area contributed by atoms with Gasteiger partial charge in [0.2, 0.25) is 10.0 Å². The Kier molecular flexibility index (Phi) is 4.14. The monoisotopic (exact) mass is 337 g/mol. The average molecular weight is 338 g/mol. The minimum atomic E-state index is -4.13. The maximum atomic E-state index is 13.7. The molecule has 0 amide bonds. The van der Waals surface area contributed by atoms with Crippen molar-refractivity contribution in [2.75, 3.05) is 5.73 Å². The fraction of sp³-hybridized carbons (Fsp3) is 0.100. The lowest BCUT2D eigenvalue weighted by Crippen LogP contribution is -2.25. The molecule has 0 radical (unpaired) electrons. The highest BCUT2D eigenvalue weighted by atomic mass is 35.5. The molecular weight excluding hydrogens is 329 g/mol. The van der Waals surface area contributed by atoms with Gasteiger partial charge < -0.3 is 10.7 Å². The highest BCUT2D eigenvalue weighted by Gasteiger charge is 2.21. The molecule has 1 aromatic heterocycles. The van der Waals surface area contributed by atoms with Crippen molar-refractivity contribution < 1.29 is 12.8 Å². The Morgan fingerprint density at radius 3 is 2.75 bits per heavy atom. The molecule has 0 fully saturated rings. The van der Waals surface area contributed by atoms with E-state index in [0.717, 1.165) is 23.5 Å². The van der Waals surface area contributed by atoms with Crippen LogP contribution in [0.25, 0.3) is 0 Å². The summed E-state index contributed by atoms with van der Waals surface area (Å²) in [6.07, 6.45) is 0. The zero-order chi connectivity index (χ0) is 14.9. The molecular formula is C10H9ClFN3O3S2. The van der Waals surface area contributed by atoms with E-state index < -0.39 is 20.7 Å². The van der Waals surface area contributed by atoms with Gasteiger partial charge in [0.05, 0.1) is 11.6 Å². The second-order valence-corrected chi connectivity index (χ2v) is 6.80. The highest BCUT2D eigenvalue weighted by molar-refractivity contribution is 7.89. The van der Waals surface area contributed by atoms with Crippen LogP contribution in [0.4, 0.5) is 10.1 Å². The van der Waals surface area contributed by atoms with Crippen LogP contribution in [0, 0.1) is 5.82 Å². The van der Waals surface area contributed by atoms with Gasteiger partial charge in [-0.3, -0.25) is 4.79 Å². The van der Waals surface area contributed by atoms with Crippen molar-refractivity contribution in [3.05, 3.63) is 43.7 Å². The highest BCUT2D eigenvalue weighted by Crippen LogP contribution is 2.25. The summed E-state index contributed by atoms with van der Waals surface area (Å²) in [6.45, 7) is -0.174. The molecule has 6 nitrogen and oxygen atoms in total. The Balaban J connectivity index is 2.29. The smallest absolute Gasteiger partial charge is 0.304 e. The van der Waals surface area contributed by atoms with Gasteiger partial charge in [0, 0.05) is 16.8 Å². The van der Waals surface area contributed by atoms with E-state index in [1.54, 1.807) is 0 Å².